The van der Waals surface area contributed by atoms with Crippen molar-refractivity contribution in [3.63, 3.8) is 0 Å². The van der Waals surface area contributed by atoms with Gasteiger partial charge in [0, 0.05) is 23.2 Å². The van der Waals surface area contributed by atoms with Crippen LogP contribution in [-0.4, -0.2) is 20.1 Å². The van der Waals surface area contributed by atoms with E-state index in [2.05, 4.69) is 5.32 Å². The van der Waals surface area contributed by atoms with Gasteiger partial charge in [-0.2, -0.15) is 0 Å². The lowest BCUT2D eigenvalue weighted by Gasteiger charge is -2.09. The van der Waals surface area contributed by atoms with E-state index in [1.54, 1.807) is 36.8 Å². The van der Waals surface area contributed by atoms with Gasteiger partial charge in [-0.25, -0.2) is 0 Å². The van der Waals surface area contributed by atoms with Crippen molar-refractivity contribution in [3.05, 3.63) is 34.5 Å². The highest BCUT2D eigenvalue weighted by molar-refractivity contribution is 7.12. The summed E-state index contributed by atoms with van der Waals surface area (Å²) in [6.45, 7) is 0. The first kappa shape index (κ1) is 13.2. The summed E-state index contributed by atoms with van der Waals surface area (Å²) in [7, 11) is 3.09. The first-order chi connectivity index (χ1) is 9.13. The fraction of sp³-hybridized carbons (Fsp3) is 0.154. The van der Waals surface area contributed by atoms with Crippen molar-refractivity contribution in [1.82, 2.24) is 0 Å². The third-order valence-corrected chi connectivity index (χ3v) is 3.42. The van der Waals surface area contributed by atoms with Crippen molar-refractivity contribution in [3.8, 4) is 11.5 Å². The zero-order valence-electron chi connectivity index (χ0n) is 10.6. The molecule has 0 unspecified atom stereocenters. The molecule has 2 rings (SSSR count). The molecule has 1 aromatic heterocycles. The second-order valence-electron chi connectivity index (χ2n) is 3.76. The molecule has 100 valence electrons. The minimum absolute atomic E-state index is 0.212. The van der Waals surface area contributed by atoms with E-state index < -0.39 is 0 Å². The molecule has 0 saturated heterocycles. The molecular weight excluding hydrogens is 264 g/mol. The predicted molar refractivity (Wildman–Crippen MR) is 76.2 cm³/mol. The molecule has 1 amide bonds. The molecule has 0 fully saturated rings. The molecule has 5 nitrogen and oxygen atoms in total. The number of ether oxygens (including phenoxy) is 2. The highest BCUT2D eigenvalue weighted by Gasteiger charge is 2.12. The smallest absolute Gasteiger partial charge is 0.265 e. The molecule has 1 heterocycles. The number of amides is 1. The molecular formula is C13H14N2O3S. The number of nitrogen functional groups attached to an aromatic ring is 1. The van der Waals surface area contributed by atoms with E-state index in [1.165, 1.54) is 18.4 Å². The van der Waals surface area contributed by atoms with E-state index in [9.17, 15) is 4.79 Å². The summed E-state index contributed by atoms with van der Waals surface area (Å²) in [6.07, 6.45) is 0. The number of anilines is 2. The summed E-state index contributed by atoms with van der Waals surface area (Å²) in [6, 6.07) is 6.75. The van der Waals surface area contributed by atoms with Gasteiger partial charge < -0.3 is 20.5 Å². The van der Waals surface area contributed by atoms with E-state index in [4.69, 9.17) is 15.2 Å². The molecule has 19 heavy (non-hydrogen) atoms. The van der Waals surface area contributed by atoms with Crippen molar-refractivity contribution in [2.24, 2.45) is 0 Å². The van der Waals surface area contributed by atoms with Crippen LogP contribution in [-0.2, 0) is 0 Å². The summed E-state index contributed by atoms with van der Waals surface area (Å²) in [4.78, 5) is 12.6. The number of methoxy groups -OCH3 is 2. The van der Waals surface area contributed by atoms with Gasteiger partial charge in [-0.3, -0.25) is 4.79 Å². The maximum absolute atomic E-state index is 12.1. The second kappa shape index (κ2) is 5.62. The molecule has 2 aromatic rings. The Kier molecular flexibility index (Phi) is 3.91. The number of nitrogens with two attached hydrogens (primary N) is 1. The Morgan fingerprint density at radius 3 is 2.68 bits per heavy atom. The third kappa shape index (κ3) is 2.97. The van der Waals surface area contributed by atoms with Gasteiger partial charge in [0.25, 0.3) is 5.91 Å². The van der Waals surface area contributed by atoms with Crippen molar-refractivity contribution >= 4 is 28.6 Å². The first-order valence-electron chi connectivity index (χ1n) is 5.51. The summed E-state index contributed by atoms with van der Waals surface area (Å²) >= 11 is 1.32. The number of nitrogens with one attached hydrogen (secondary N) is 1. The number of hydrogen-bond donors (Lipinski definition) is 2. The maximum atomic E-state index is 12.1. The van der Waals surface area contributed by atoms with Gasteiger partial charge in [0.15, 0.2) is 0 Å². The Bertz CT molecular complexity index is 595. The lowest BCUT2D eigenvalue weighted by molar-refractivity contribution is 0.103. The SMILES string of the molecule is COc1csc(C(=O)Nc2ccc(N)cc2OC)c1. The fourth-order valence-corrected chi connectivity index (χ4v) is 2.29. The lowest BCUT2D eigenvalue weighted by atomic mass is 10.2. The zero-order chi connectivity index (χ0) is 13.8. The normalized spacial score (nSPS) is 10.0. The Balaban J connectivity index is 2.18. The second-order valence-corrected chi connectivity index (χ2v) is 4.68. The Labute approximate surface area is 115 Å². The minimum atomic E-state index is -0.212. The standard InChI is InChI=1S/C13H14N2O3S/c1-17-9-6-12(19-7-9)13(16)15-10-4-3-8(14)5-11(10)18-2/h3-7H,14H2,1-2H3,(H,15,16). The molecule has 0 aliphatic heterocycles. The van der Waals surface area contributed by atoms with Crippen LogP contribution in [0.5, 0.6) is 11.5 Å². The highest BCUT2D eigenvalue weighted by atomic mass is 32.1. The van der Waals surface area contributed by atoms with Crippen molar-refractivity contribution in [1.29, 1.82) is 0 Å². The number of benzene rings is 1. The Morgan fingerprint density at radius 1 is 1.26 bits per heavy atom. The van der Waals surface area contributed by atoms with E-state index in [0.29, 0.717) is 27.8 Å². The van der Waals surface area contributed by atoms with Crippen LogP contribution >= 0.6 is 11.3 Å². The van der Waals surface area contributed by atoms with Gasteiger partial charge in [-0.05, 0) is 12.1 Å². The van der Waals surface area contributed by atoms with Crippen LogP contribution in [0.2, 0.25) is 0 Å². The summed E-state index contributed by atoms with van der Waals surface area (Å²) < 4.78 is 10.2. The zero-order valence-corrected chi connectivity index (χ0v) is 11.4. The Morgan fingerprint density at radius 2 is 2.05 bits per heavy atom. The van der Waals surface area contributed by atoms with Gasteiger partial charge in [-0.15, -0.1) is 11.3 Å². The molecule has 6 heteroatoms. The van der Waals surface area contributed by atoms with E-state index >= 15 is 0 Å². The highest BCUT2D eigenvalue weighted by Crippen LogP contribution is 2.28. The molecule has 0 aliphatic carbocycles. The quantitative estimate of drug-likeness (QED) is 0.843. The average Bonchev–Trinajstić information content (AvgIpc) is 2.89. The summed E-state index contributed by atoms with van der Waals surface area (Å²) in [5.74, 6) is 0.979. The minimum Gasteiger partial charge on any atom is -0.496 e. The van der Waals surface area contributed by atoms with Crippen LogP contribution < -0.4 is 20.5 Å². The van der Waals surface area contributed by atoms with Crippen LogP contribution in [0.1, 0.15) is 9.67 Å². The fourth-order valence-electron chi connectivity index (χ4n) is 1.54. The number of thiophene rings is 1. The third-order valence-electron chi connectivity index (χ3n) is 2.51. The molecule has 1 aromatic carbocycles. The lowest BCUT2D eigenvalue weighted by Crippen LogP contribution is -2.11. The molecule has 0 saturated carbocycles. The van der Waals surface area contributed by atoms with Crippen LogP contribution in [0.15, 0.2) is 29.6 Å². The van der Waals surface area contributed by atoms with Crippen molar-refractivity contribution in [2.45, 2.75) is 0 Å². The molecule has 0 bridgehead atoms. The topological polar surface area (TPSA) is 73.6 Å². The average molecular weight is 278 g/mol. The number of carbonyl (C=O) groups excluding carboxylic acids is 1. The Hall–Kier alpha value is -2.21. The van der Waals surface area contributed by atoms with Crippen molar-refractivity contribution < 1.29 is 14.3 Å². The van der Waals surface area contributed by atoms with Gasteiger partial charge >= 0.3 is 0 Å². The van der Waals surface area contributed by atoms with Gasteiger partial charge in [0.1, 0.15) is 11.5 Å². The van der Waals surface area contributed by atoms with Gasteiger partial charge in [-0.1, -0.05) is 0 Å². The van der Waals surface area contributed by atoms with Crippen LogP contribution in [0.25, 0.3) is 0 Å². The van der Waals surface area contributed by atoms with Gasteiger partial charge in [0.05, 0.1) is 24.8 Å². The van der Waals surface area contributed by atoms with E-state index in [0.717, 1.165) is 0 Å². The number of carbonyl (C=O) groups is 1. The maximum Gasteiger partial charge on any atom is 0.265 e. The van der Waals surface area contributed by atoms with Crippen LogP contribution in [0, 0.1) is 0 Å². The molecule has 3 N–H and O–H groups in total. The van der Waals surface area contributed by atoms with Crippen LogP contribution in [0.4, 0.5) is 11.4 Å². The molecule has 0 spiro atoms. The number of hydrogen-bond acceptors (Lipinski definition) is 5. The van der Waals surface area contributed by atoms with E-state index in [1.807, 2.05) is 0 Å². The van der Waals surface area contributed by atoms with E-state index in [-0.39, 0.29) is 5.91 Å². The van der Waals surface area contributed by atoms with Gasteiger partial charge in [0.2, 0.25) is 0 Å². The predicted octanol–water partition coefficient (Wildman–Crippen LogP) is 2.60. The van der Waals surface area contributed by atoms with Crippen molar-refractivity contribution in [2.75, 3.05) is 25.3 Å². The summed E-state index contributed by atoms with van der Waals surface area (Å²) in [5.41, 5.74) is 6.81. The molecule has 0 radical (unpaired) electrons. The molecule has 0 aliphatic rings. The summed E-state index contributed by atoms with van der Waals surface area (Å²) in [5, 5.41) is 4.55. The monoisotopic (exact) mass is 278 g/mol. The first-order valence-corrected chi connectivity index (χ1v) is 6.39. The largest absolute Gasteiger partial charge is 0.496 e. The molecule has 0 atom stereocenters. The number of rotatable bonds is 4. The van der Waals surface area contributed by atoms with Crippen LogP contribution in [0.3, 0.4) is 0 Å².